The van der Waals surface area contributed by atoms with Gasteiger partial charge >= 0.3 is 0 Å². The number of benzene rings is 2. The first-order valence-electron chi connectivity index (χ1n) is 10.3. The van der Waals surface area contributed by atoms with Gasteiger partial charge in [-0.2, -0.15) is 0 Å². The molecule has 2 aromatic carbocycles. The highest BCUT2D eigenvalue weighted by atomic mass is 16.5. The number of hydrogen-bond acceptors (Lipinski definition) is 5. The molecule has 30 heavy (non-hydrogen) atoms. The van der Waals surface area contributed by atoms with Crippen molar-refractivity contribution in [2.75, 3.05) is 13.2 Å². The summed E-state index contributed by atoms with van der Waals surface area (Å²) >= 11 is 0. The fraction of sp³-hybridized carbons (Fsp3) is 0.240. The number of aromatic nitrogens is 1. The molecule has 3 heterocycles. The van der Waals surface area contributed by atoms with E-state index in [1.54, 1.807) is 0 Å². The molecule has 0 bridgehead atoms. The zero-order valence-corrected chi connectivity index (χ0v) is 16.6. The Kier molecular flexibility index (Phi) is 5.25. The lowest BCUT2D eigenvalue weighted by Gasteiger charge is -2.04. The molecular formula is C25H23N3O2. The Morgan fingerprint density at radius 1 is 0.600 bits per heavy atom. The van der Waals surface area contributed by atoms with Crippen molar-refractivity contribution in [2.24, 2.45) is 9.98 Å². The van der Waals surface area contributed by atoms with Crippen LogP contribution in [-0.2, 0) is 22.3 Å². The molecule has 0 aliphatic carbocycles. The van der Waals surface area contributed by atoms with Gasteiger partial charge in [-0.3, -0.25) is 0 Å². The molecule has 150 valence electrons. The zero-order valence-electron chi connectivity index (χ0n) is 16.6. The summed E-state index contributed by atoms with van der Waals surface area (Å²) in [5.41, 5.74) is 3.97. The summed E-state index contributed by atoms with van der Waals surface area (Å²) in [6, 6.07) is 26.7. The van der Waals surface area contributed by atoms with Crippen LogP contribution in [0.4, 0.5) is 0 Å². The van der Waals surface area contributed by atoms with E-state index in [9.17, 15) is 0 Å². The van der Waals surface area contributed by atoms with Crippen molar-refractivity contribution in [3.8, 4) is 0 Å². The molecule has 1 aromatic heterocycles. The molecule has 5 rings (SSSR count). The van der Waals surface area contributed by atoms with Crippen LogP contribution < -0.4 is 0 Å². The maximum Gasteiger partial charge on any atom is 0.235 e. The minimum Gasteiger partial charge on any atom is -0.474 e. The van der Waals surface area contributed by atoms with Gasteiger partial charge in [-0.05, 0) is 36.1 Å². The van der Waals surface area contributed by atoms with Crippen molar-refractivity contribution in [1.82, 2.24) is 4.98 Å². The van der Waals surface area contributed by atoms with Crippen LogP contribution in [0.3, 0.4) is 0 Å². The summed E-state index contributed by atoms with van der Waals surface area (Å²) in [7, 11) is 0. The van der Waals surface area contributed by atoms with Crippen LogP contribution in [0, 0.1) is 0 Å². The third kappa shape index (κ3) is 4.25. The number of nitrogens with zero attached hydrogens (tertiary/aromatic N) is 3. The van der Waals surface area contributed by atoms with Crippen molar-refractivity contribution in [2.45, 2.75) is 24.9 Å². The van der Waals surface area contributed by atoms with Gasteiger partial charge in [-0.15, -0.1) is 0 Å². The lowest BCUT2D eigenvalue weighted by atomic mass is 10.1. The molecule has 2 aliphatic heterocycles. The van der Waals surface area contributed by atoms with E-state index in [-0.39, 0.29) is 12.1 Å². The number of ether oxygens (including phenoxy) is 2. The quantitative estimate of drug-likeness (QED) is 0.635. The van der Waals surface area contributed by atoms with E-state index in [0.717, 1.165) is 24.2 Å². The SMILES string of the molecule is c1ccc(C[C@@H]2COC(c3cccc(C4=N[C@H](Cc5ccccc5)CO4)n3)=N2)cc1. The molecule has 0 fully saturated rings. The maximum absolute atomic E-state index is 5.85. The summed E-state index contributed by atoms with van der Waals surface area (Å²) in [5.74, 6) is 1.19. The summed E-state index contributed by atoms with van der Waals surface area (Å²) in [6.07, 6.45) is 1.72. The molecule has 0 radical (unpaired) electrons. The molecule has 0 saturated heterocycles. The fourth-order valence-corrected chi connectivity index (χ4v) is 3.77. The number of hydrogen-bond donors (Lipinski definition) is 0. The molecule has 2 aliphatic rings. The van der Waals surface area contributed by atoms with Crippen LogP contribution in [0.25, 0.3) is 0 Å². The maximum atomic E-state index is 5.85. The molecule has 0 spiro atoms. The monoisotopic (exact) mass is 397 g/mol. The number of aliphatic imine (C=N–C) groups is 2. The predicted molar refractivity (Wildman–Crippen MR) is 117 cm³/mol. The molecule has 2 atom stereocenters. The Bertz CT molecular complexity index is 981. The Balaban J connectivity index is 1.29. The van der Waals surface area contributed by atoms with Gasteiger partial charge in [-0.25, -0.2) is 15.0 Å². The van der Waals surface area contributed by atoms with E-state index in [4.69, 9.17) is 24.4 Å². The van der Waals surface area contributed by atoms with Crippen molar-refractivity contribution >= 4 is 11.8 Å². The lowest BCUT2D eigenvalue weighted by Crippen LogP contribution is -2.11. The molecule has 3 aromatic rings. The van der Waals surface area contributed by atoms with E-state index in [1.165, 1.54) is 11.1 Å². The van der Waals surface area contributed by atoms with Gasteiger partial charge in [0.05, 0.1) is 12.1 Å². The predicted octanol–water partition coefficient (Wildman–Crippen LogP) is 3.86. The van der Waals surface area contributed by atoms with Crippen LogP contribution in [0.1, 0.15) is 22.5 Å². The van der Waals surface area contributed by atoms with E-state index >= 15 is 0 Å². The normalized spacial score (nSPS) is 20.3. The minimum atomic E-state index is 0.114. The smallest absolute Gasteiger partial charge is 0.235 e. The van der Waals surface area contributed by atoms with Gasteiger partial charge in [0, 0.05) is 0 Å². The van der Waals surface area contributed by atoms with Crippen molar-refractivity contribution in [3.05, 3.63) is 101 Å². The highest BCUT2D eigenvalue weighted by molar-refractivity contribution is 5.97. The van der Waals surface area contributed by atoms with Crippen LogP contribution >= 0.6 is 0 Å². The standard InChI is InChI=1S/C25H23N3O2/c1-3-8-18(9-4-1)14-20-16-29-24(26-20)22-12-7-13-23(28-22)25-27-21(17-30-25)15-19-10-5-2-6-11-19/h1-13,20-21H,14-17H2/t20-,21-/m1/s1. The van der Waals surface area contributed by atoms with Crippen LogP contribution in [0.2, 0.25) is 0 Å². The van der Waals surface area contributed by atoms with Gasteiger partial charge in [-0.1, -0.05) is 66.7 Å². The van der Waals surface area contributed by atoms with E-state index < -0.39 is 0 Å². The number of pyridine rings is 1. The topological polar surface area (TPSA) is 56.1 Å². The van der Waals surface area contributed by atoms with E-state index in [2.05, 4.69) is 24.3 Å². The first kappa shape index (κ1) is 18.6. The zero-order chi connectivity index (χ0) is 20.2. The Hall–Kier alpha value is -3.47. The Morgan fingerprint density at radius 2 is 1.07 bits per heavy atom. The molecular weight excluding hydrogens is 374 g/mol. The second kappa shape index (κ2) is 8.49. The summed E-state index contributed by atoms with van der Waals surface area (Å²) in [5, 5.41) is 0. The Labute approximate surface area is 176 Å². The first-order valence-corrected chi connectivity index (χ1v) is 10.3. The first-order chi connectivity index (χ1) is 14.8. The van der Waals surface area contributed by atoms with Gasteiger partial charge in [0.1, 0.15) is 24.6 Å². The van der Waals surface area contributed by atoms with E-state index in [0.29, 0.717) is 25.0 Å². The fourth-order valence-electron chi connectivity index (χ4n) is 3.77. The second-order valence-corrected chi connectivity index (χ2v) is 7.59. The average Bonchev–Trinajstić information content (AvgIpc) is 3.45. The van der Waals surface area contributed by atoms with Crippen LogP contribution in [0.15, 0.2) is 88.8 Å². The van der Waals surface area contributed by atoms with Crippen molar-refractivity contribution < 1.29 is 9.47 Å². The number of rotatable bonds is 6. The van der Waals surface area contributed by atoms with Gasteiger partial charge in [0.15, 0.2) is 0 Å². The average molecular weight is 397 g/mol. The van der Waals surface area contributed by atoms with E-state index in [1.807, 2.05) is 54.6 Å². The highest BCUT2D eigenvalue weighted by Crippen LogP contribution is 2.18. The van der Waals surface area contributed by atoms with Gasteiger partial charge in [0.25, 0.3) is 0 Å². The minimum absolute atomic E-state index is 0.114. The highest BCUT2D eigenvalue weighted by Gasteiger charge is 2.24. The molecule has 0 saturated carbocycles. The van der Waals surface area contributed by atoms with Crippen molar-refractivity contribution in [3.63, 3.8) is 0 Å². The third-order valence-electron chi connectivity index (χ3n) is 5.24. The Morgan fingerprint density at radius 3 is 1.53 bits per heavy atom. The largest absolute Gasteiger partial charge is 0.474 e. The summed E-state index contributed by atoms with van der Waals surface area (Å²) < 4.78 is 11.7. The molecule has 0 amide bonds. The molecule has 0 N–H and O–H groups in total. The molecule has 5 heteroatoms. The van der Waals surface area contributed by atoms with Gasteiger partial charge < -0.3 is 9.47 Å². The summed E-state index contributed by atoms with van der Waals surface area (Å²) in [6.45, 7) is 1.15. The van der Waals surface area contributed by atoms with Crippen molar-refractivity contribution in [1.29, 1.82) is 0 Å². The molecule has 5 nitrogen and oxygen atoms in total. The molecule has 0 unspecified atom stereocenters. The van der Waals surface area contributed by atoms with Crippen LogP contribution in [0.5, 0.6) is 0 Å². The second-order valence-electron chi connectivity index (χ2n) is 7.59. The van der Waals surface area contributed by atoms with Crippen LogP contribution in [-0.4, -0.2) is 42.1 Å². The summed E-state index contributed by atoms with van der Waals surface area (Å²) in [4.78, 5) is 14.2. The van der Waals surface area contributed by atoms with Gasteiger partial charge in [0.2, 0.25) is 11.8 Å². The third-order valence-corrected chi connectivity index (χ3v) is 5.24. The lowest BCUT2D eigenvalue weighted by molar-refractivity contribution is 0.314.